The van der Waals surface area contributed by atoms with Crippen molar-refractivity contribution in [3.63, 3.8) is 0 Å². The quantitative estimate of drug-likeness (QED) is 0.170. The van der Waals surface area contributed by atoms with E-state index in [1.54, 1.807) is 38.2 Å². The third-order valence-electron chi connectivity index (χ3n) is 8.16. The van der Waals surface area contributed by atoms with Gasteiger partial charge in [-0.15, -0.1) is 0 Å². The molecule has 11 nitrogen and oxygen atoms in total. The van der Waals surface area contributed by atoms with Crippen molar-refractivity contribution in [1.29, 1.82) is 0 Å². The lowest BCUT2D eigenvalue weighted by molar-refractivity contribution is -0.384. The Balaban J connectivity index is 1.58. The highest BCUT2D eigenvalue weighted by Gasteiger charge is 2.74. The minimum absolute atomic E-state index is 0.0930. The van der Waals surface area contributed by atoms with Gasteiger partial charge in [0.05, 0.1) is 4.92 Å². The highest BCUT2D eigenvalue weighted by atomic mass is 16.6. The molecule has 2 fully saturated rings. The van der Waals surface area contributed by atoms with E-state index in [0.717, 1.165) is 0 Å². The fourth-order valence-corrected chi connectivity index (χ4v) is 6.23. The fourth-order valence-electron chi connectivity index (χ4n) is 6.23. The summed E-state index contributed by atoms with van der Waals surface area (Å²) in [7, 11) is 0. The molecular weight excluding hydrogens is 508 g/mol. The number of nitro groups is 1. The van der Waals surface area contributed by atoms with Crippen LogP contribution in [0.4, 0.5) is 11.4 Å². The molecule has 11 heteroatoms. The standard InChI is InChI=1S/C28H30N2O9/c1-17(23(32)29-20-6-8-21(9-7-20)30(36)37)5-4-13-26(3)22-12-15-27(25(35)39-26)14-10-19(24(33)34)11-16-28(22,27)38-18(2)31/h4-10,13,22H,11-12,14-16H2,1-3H3,(H,29,32)(H,33,34)/b13-4+,17-5+/t22-,26+,27+,28-/m0/s1. The van der Waals surface area contributed by atoms with Crippen LogP contribution in [0, 0.1) is 21.4 Å². The number of nitrogens with one attached hydrogen (secondary N) is 1. The Bertz CT molecular complexity index is 1330. The smallest absolute Gasteiger partial charge is 0.331 e. The highest BCUT2D eigenvalue weighted by molar-refractivity contribution is 6.03. The number of ether oxygens (including phenoxy) is 2. The molecule has 4 atom stereocenters. The number of rotatable bonds is 7. The molecule has 1 saturated carbocycles. The molecule has 1 heterocycles. The first kappa shape index (κ1) is 27.7. The average Bonchev–Trinajstić information content (AvgIpc) is 3.00. The molecule has 2 bridgehead atoms. The summed E-state index contributed by atoms with van der Waals surface area (Å²) in [5, 5.41) is 23.0. The van der Waals surface area contributed by atoms with Crippen LogP contribution in [0.2, 0.25) is 0 Å². The van der Waals surface area contributed by atoms with E-state index in [-0.39, 0.29) is 30.5 Å². The number of anilines is 1. The molecule has 0 spiro atoms. The maximum atomic E-state index is 13.6. The predicted octanol–water partition coefficient (Wildman–Crippen LogP) is 4.24. The number of allylic oxidation sites excluding steroid dienone is 3. The van der Waals surface area contributed by atoms with Gasteiger partial charge in [0.15, 0.2) is 0 Å². The molecule has 39 heavy (non-hydrogen) atoms. The maximum absolute atomic E-state index is 13.6. The summed E-state index contributed by atoms with van der Waals surface area (Å²) < 4.78 is 11.9. The van der Waals surface area contributed by atoms with Crippen molar-refractivity contribution >= 4 is 35.2 Å². The van der Waals surface area contributed by atoms with E-state index in [0.29, 0.717) is 24.1 Å². The lowest BCUT2D eigenvalue weighted by Crippen LogP contribution is -2.65. The van der Waals surface area contributed by atoms with E-state index < -0.39 is 51.3 Å². The Hall–Kier alpha value is -4.28. The normalized spacial score (nSPS) is 30.0. The van der Waals surface area contributed by atoms with Crippen LogP contribution in [-0.2, 0) is 28.7 Å². The first-order valence-electron chi connectivity index (χ1n) is 12.6. The Kier molecular flexibility index (Phi) is 7.20. The van der Waals surface area contributed by atoms with Crippen LogP contribution in [0.1, 0.15) is 52.9 Å². The molecule has 1 aromatic rings. The monoisotopic (exact) mass is 538 g/mol. The zero-order valence-corrected chi connectivity index (χ0v) is 21.9. The van der Waals surface area contributed by atoms with Crippen LogP contribution >= 0.6 is 0 Å². The first-order valence-corrected chi connectivity index (χ1v) is 12.6. The second-order valence-electron chi connectivity index (χ2n) is 10.4. The SMILES string of the molecule is CC(=O)O[C@]12CCC(C(=O)O)=CC[C@]13CC[C@H]2[C@@](C)(/C=C/C=C(\C)C(=O)Nc1ccc([N+](=O)[O-])cc1)OC3=O. The summed E-state index contributed by atoms with van der Waals surface area (Å²) in [6.07, 6.45) is 7.72. The number of cyclic esters (lactones) is 1. The minimum atomic E-state index is -1.23. The lowest BCUT2D eigenvalue weighted by Gasteiger charge is -2.54. The third-order valence-corrected chi connectivity index (χ3v) is 8.16. The van der Waals surface area contributed by atoms with E-state index in [2.05, 4.69) is 5.32 Å². The molecule has 3 aliphatic rings. The molecule has 1 saturated heterocycles. The Morgan fingerprint density at radius 3 is 2.51 bits per heavy atom. The fraction of sp³-hybridized carbons (Fsp3) is 0.429. The van der Waals surface area contributed by atoms with Crippen molar-refractivity contribution in [3.8, 4) is 0 Å². The van der Waals surface area contributed by atoms with Gasteiger partial charge in [-0.2, -0.15) is 0 Å². The lowest BCUT2D eigenvalue weighted by atomic mass is 9.62. The number of carboxylic acids is 1. The Labute approximate surface area is 224 Å². The summed E-state index contributed by atoms with van der Waals surface area (Å²) in [5.41, 5.74) is -2.76. The summed E-state index contributed by atoms with van der Waals surface area (Å²) >= 11 is 0. The number of benzene rings is 1. The van der Waals surface area contributed by atoms with Gasteiger partial charge in [0.25, 0.3) is 11.6 Å². The number of carbonyl (C=O) groups is 4. The van der Waals surface area contributed by atoms with Gasteiger partial charge in [0.2, 0.25) is 0 Å². The largest absolute Gasteiger partial charge is 0.478 e. The number of nitro benzene ring substituents is 1. The molecule has 2 N–H and O–H groups in total. The molecule has 4 rings (SSSR count). The van der Waals surface area contributed by atoms with Gasteiger partial charge in [0.1, 0.15) is 16.6 Å². The number of carbonyl (C=O) groups excluding carboxylic acids is 3. The van der Waals surface area contributed by atoms with E-state index in [1.165, 1.54) is 31.2 Å². The zero-order chi connectivity index (χ0) is 28.6. The number of hydrogen-bond donors (Lipinski definition) is 2. The molecule has 0 aromatic heterocycles. The van der Waals surface area contributed by atoms with E-state index in [9.17, 15) is 34.4 Å². The van der Waals surface area contributed by atoms with Crippen LogP contribution in [0.3, 0.4) is 0 Å². The highest BCUT2D eigenvalue weighted by Crippen LogP contribution is 2.65. The molecular formula is C28H30N2O9. The second kappa shape index (κ2) is 10.1. The van der Waals surface area contributed by atoms with Crippen molar-refractivity contribution in [2.24, 2.45) is 11.3 Å². The Morgan fingerprint density at radius 2 is 1.90 bits per heavy atom. The molecule has 1 amide bonds. The molecule has 1 aromatic carbocycles. The van der Waals surface area contributed by atoms with E-state index in [1.807, 2.05) is 0 Å². The average molecular weight is 539 g/mol. The van der Waals surface area contributed by atoms with Gasteiger partial charge in [-0.1, -0.05) is 18.2 Å². The number of esters is 2. The van der Waals surface area contributed by atoms with Crippen LogP contribution in [0.15, 0.2) is 59.7 Å². The predicted molar refractivity (Wildman–Crippen MR) is 138 cm³/mol. The van der Waals surface area contributed by atoms with Crippen LogP contribution in [0.5, 0.6) is 0 Å². The number of nitrogens with zero attached hydrogens (tertiary/aromatic N) is 1. The summed E-state index contributed by atoms with van der Waals surface area (Å²) in [6, 6.07) is 5.44. The topological polar surface area (TPSA) is 162 Å². The van der Waals surface area contributed by atoms with Crippen molar-refractivity contribution in [2.45, 2.75) is 64.1 Å². The number of amides is 1. The summed E-state index contributed by atoms with van der Waals surface area (Å²) in [6.45, 7) is 4.59. The minimum Gasteiger partial charge on any atom is -0.478 e. The van der Waals surface area contributed by atoms with Gasteiger partial charge >= 0.3 is 17.9 Å². The molecule has 0 radical (unpaired) electrons. The van der Waals surface area contributed by atoms with Crippen LogP contribution < -0.4 is 5.32 Å². The summed E-state index contributed by atoms with van der Waals surface area (Å²) in [5.74, 6) is -3.00. The second-order valence-corrected chi connectivity index (χ2v) is 10.4. The number of non-ortho nitro benzene ring substituents is 1. The number of carboxylic acid groups (broad SMARTS) is 1. The maximum Gasteiger partial charge on any atom is 0.331 e. The van der Waals surface area contributed by atoms with Crippen molar-refractivity contribution < 1.29 is 38.7 Å². The van der Waals surface area contributed by atoms with Gasteiger partial charge in [-0.25, -0.2) is 4.79 Å². The van der Waals surface area contributed by atoms with Gasteiger partial charge in [-0.05, 0) is 64.2 Å². The molecule has 2 aliphatic carbocycles. The number of hydrogen-bond acceptors (Lipinski definition) is 8. The van der Waals surface area contributed by atoms with Crippen molar-refractivity contribution in [3.05, 3.63) is 69.8 Å². The third kappa shape index (κ3) is 4.84. The van der Waals surface area contributed by atoms with Crippen molar-refractivity contribution in [1.82, 2.24) is 0 Å². The zero-order valence-electron chi connectivity index (χ0n) is 21.9. The van der Waals surface area contributed by atoms with Crippen LogP contribution in [-0.4, -0.2) is 45.0 Å². The molecule has 206 valence electrons. The van der Waals surface area contributed by atoms with Gasteiger partial charge < -0.3 is 19.9 Å². The van der Waals surface area contributed by atoms with Crippen molar-refractivity contribution in [2.75, 3.05) is 5.32 Å². The van der Waals surface area contributed by atoms with Gasteiger partial charge in [0, 0.05) is 41.8 Å². The number of aliphatic carboxylic acids is 1. The van der Waals surface area contributed by atoms with Gasteiger partial charge in [-0.3, -0.25) is 24.5 Å². The van der Waals surface area contributed by atoms with E-state index in [4.69, 9.17) is 9.47 Å². The Morgan fingerprint density at radius 1 is 1.21 bits per heavy atom. The molecule has 0 unspecified atom stereocenters. The van der Waals surface area contributed by atoms with E-state index >= 15 is 0 Å². The first-order chi connectivity index (χ1) is 18.3. The van der Waals surface area contributed by atoms with Crippen LogP contribution in [0.25, 0.3) is 0 Å². The summed E-state index contributed by atoms with van der Waals surface area (Å²) in [4.78, 5) is 60.5. The molecule has 1 aliphatic heterocycles.